The van der Waals surface area contributed by atoms with E-state index in [9.17, 15) is 0 Å². The van der Waals surface area contributed by atoms with E-state index in [1.165, 1.54) is 6.26 Å². The summed E-state index contributed by atoms with van der Waals surface area (Å²) >= 11 is 0. The molecule has 0 spiro atoms. The van der Waals surface area contributed by atoms with E-state index in [1.807, 2.05) is 6.92 Å². The van der Waals surface area contributed by atoms with Gasteiger partial charge in [0.1, 0.15) is 0 Å². The van der Waals surface area contributed by atoms with Gasteiger partial charge in [0.05, 0.1) is 12.9 Å². The van der Waals surface area contributed by atoms with Gasteiger partial charge in [-0.25, -0.2) is 0 Å². The molecule has 0 fully saturated rings. The standard InChI is InChI=1S/C4H8O.CH4/c1-3-5-4-2;/h3H,1,4H2,2H3;1H4. The van der Waals surface area contributed by atoms with Crippen LogP contribution in [0.2, 0.25) is 0 Å². The van der Waals surface area contributed by atoms with E-state index in [-0.39, 0.29) is 7.43 Å². The quantitative estimate of drug-likeness (QED) is 0.468. The molecule has 1 nitrogen and oxygen atoms in total. The molecule has 6 heavy (non-hydrogen) atoms. The van der Waals surface area contributed by atoms with Crippen molar-refractivity contribution in [2.75, 3.05) is 6.61 Å². The number of hydrogen-bond acceptors (Lipinski definition) is 1. The van der Waals surface area contributed by atoms with Gasteiger partial charge in [-0.15, -0.1) is 0 Å². The van der Waals surface area contributed by atoms with Gasteiger partial charge in [0.2, 0.25) is 0 Å². The highest BCUT2D eigenvalue weighted by Crippen LogP contribution is 1.65. The van der Waals surface area contributed by atoms with E-state index in [0.717, 1.165) is 6.61 Å². The summed E-state index contributed by atoms with van der Waals surface area (Å²) in [5.41, 5.74) is 0. The van der Waals surface area contributed by atoms with E-state index in [0.29, 0.717) is 0 Å². The van der Waals surface area contributed by atoms with E-state index in [1.54, 1.807) is 0 Å². The van der Waals surface area contributed by atoms with Crippen LogP contribution >= 0.6 is 0 Å². The van der Waals surface area contributed by atoms with Crippen molar-refractivity contribution < 1.29 is 4.74 Å². The normalized spacial score (nSPS) is 5.50. The van der Waals surface area contributed by atoms with Crippen LogP contribution in [0.5, 0.6) is 0 Å². The molecular formula is C5H12O. The third-order valence-corrected chi connectivity index (χ3v) is 0.285. The summed E-state index contributed by atoms with van der Waals surface area (Å²) < 4.78 is 4.60. The van der Waals surface area contributed by atoms with Gasteiger partial charge in [0.25, 0.3) is 0 Å². The Balaban J connectivity index is 0. The number of hydrogen-bond donors (Lipinski definition) is 0. The van der Waals surface area contributed by atoms with Crippen LogP contribution in [0.1, 0.15) is 14.4 Å². The van der Waals surface area contributed by atoms with Crippen molar-refractivity contribution >= 4 is 0 Å². The minimum absolute atomic E-state index is 0. The molecule has 0 aliphatic rings. The Morgan fingerprint density at radius 2 is 2.33 bits per heavy atom. The van der Waals surface area contributed by atoms with Crippen LogP contribution in [-0.2, 0) is 4.74 Å². The van der Waals surface area contributed by atoms with E-state index >= 15 is 0 Å². The van der Waals surface area contributed by atoms with Crippen molar-refractivity contribution in [2.24, 2.45) is 0 Å². The van der Waals surface area contributed by atoms with Gasteiger partial charge in [-0.2, -0.15) is 0 Å². The predicted molar refractivity (Wildman–Crippen MR) is 28.6 cm³/mol. The molecule has 0 saturated carbocycles. The molecule has 0 aliphatic carbocycles. The zero-order valence-electron chi connectivity index (χ0n) is 3.40. The molecule has 0 unspecified atom stereocenters. The zero-order chi connectivity index (χ0) is 4.12. The lowest BCUT2D eigenvalue weighted by molar-refractivity contribution is 0.270. The van der Waals surface area contributed by atoms with Crippen LogP contribution in [0.15, 0.2) is 12.8 Å². The van der Waals surface area contributed by atoms with Gasteiger partial charge in [-0.3, -0.25) is 0 Å². The van der Waals surface area contributed by atoms with Gasteiger partial charge in [-0.1, -0.05) is 14.0 Å². The number of rotatable bonds is 2. The molecule has 0 aromatic rings. The first kappa shape index (κ1) is 9.11. The smallest absolute Gasteiger partial charge is 0.0844 e. The van der Waals surface area contributed by atoms with Crippen molar-refractivity contribution in [3.63, 3.8) is 0 Å². The van der Waals surface area contributed by atoms with Crippen LogP contribution in [-0.4, -0.2) is 6.61 Å². The first-order valence-electron chi connectivity index (χ1n) is 1.64. The lowest BCUT2D eigenvalue weighted by Gasteiger charge is -1.84. The highest BCUT2D eigenvalue weighted by Gasteiger charge is 1.55. The Bertz CT molecular complexity index is 25.1. The van der Waals surface area contributed by atoms with Crippen molar-refractivity contribution in [1.29, 1.82) is 0 Å². The summed E-state index contributed by atoms with van der Waals surface area (Å²) in [6, 6.07) is 0. The number of ether oxygens (including phenoxy) is 1. The Labute approximate surface area is 39.6 Å². The van der Waals surface area contributed by atoms with Crippen molar-refractivity contribution in [1.82, 2.24) is 0 Å². The van der Waals surface area contributed by atoms with Crippen LogP contribution < -0.4 is 0 Å². The van der Waals surface area contributed by atoms with Crippen molar-refractivity contribution in [2.45, 2.75) is 14.4 Å². The second-order valence-electron chi connectivity index (χ2n) is 0.622. The van der Waals surface area contributed by atoms with Crippen LogP contribution in [0.4, 0.5) is 0 Å². The van der Waals surface area contributed by atoms with Gasteiger partial charge >= 0.3 is 0 Å². The van der Waals surface area contributed by atoms with Gasteiger partial charge < -0.3 is 4.74 Å². The van der Waals surface area contributed by atoms with Crippen LogP contribution in [0.3, 0.4) is 0 Å². The maximum Gasteiger partial charge on any atom is 0.0844 e. The third-order valence-electron chi connectivity index (χ3n) is 0.285. The minimum atomic E-state index is 0. The van der Waals surface area contributed by atoms with Crippen LogP contribution in [0.25, 0.3) is 0 Å². The average Bonchev–Trinajstić information content (AvgIpc) is 1.41. The summed E-state index contributed by atoms with van der Waals surface area (Å²) in [5.74, 6) is 0. The molecule has 38 valence electrons. The maximum absolute atomic E-state index is 4.60. The minimum Gasteiger partial charge on any atom is -0.502 e. The molecule has 0 radical (unpaired) electrons. The zero-order valence-corrected chi connectivity index (χ0v) is 3.40. The first-order chi connectivity index (χ1) is 2.41. The van der Waals surface area contributed by atoms with Gasteiger partial charge in [-0.05, 0) is 6.92 Å². The van der Waals surface area contributed by atoms with Gasteiger partial charge in [0.15, 0.2) is 0 Å². The molecule has 0 aromatic heterocycles. The Morgan fingerprint density at radius 3 is 2.33 bits per heavy atom. The van der Waals surface area contributed by atoms with Crippen molar-refractivity contribution in [3.8, 4) is 0 Å². The Hall–Kier alpha value is -0.460. The fourth-order valence-corrected chi connectivity index (χ4v) is 0.118. The molecule has 0 heterocycles. The monoisotopic (exact) mass is 88.1 g/mol. The molecule has 0 bridgehead atoms. The lowest BCUT2D eigenvalue weighted by Crippen LogP contribution is -1.72. The molecular weight excluding hydrogens is 76.1 g/mol. The Morgan fingerprint density at radius 1 is 1.83 bits per heavy atom. The summed E-state index contributed by atoms with van der Waals surface area (Å²) in [4.78, 5) is 0. The Kier molecular flexibility index (Phi) is 13.4. The molecule has 0 atom stereocenters. The molecule has 0 saturated heterocycles. The molecule has 1 heteroatoms. The van der Waals surface area contributed by atoms with E-state index < -0.39 is 0 Å². The second-order valence-corrected chi connectivity index (χ2v) is 0.622. The van der Waals surface area contributed by atoms with Gasteiger partial charge in [0, 0.05) is 0 Å². The third kappa shape index (κ3) is 9.63. The largest absolute Gasteiger partial charge is 0.502 e. The van der Waals surface area contributed by atoms with Crippen LogP contribution in [0, 0.1) is 0 Å². The maximum atomic E-state index is 4.60. The fourth-order valence-electron chi connectivity index (χ4n) is 0.118. The topological polar surface area (TPSA) is 9.23 Å². The summed E-state index contributed by atoms with van der Waals surface area (Å²) in [6.45, 7) is 5.97. The van der Waals surface area contributed by atoms with E-state index in [2.05, 4.69) is 11.3 Å². The highest BCUT2D eigenvalue weighted by atomic mass is 16.5. The summed E-state index contributed by atoms with van der Waals surface area (Å²) in [5, 5.41) is 0. The highest BCUT2D eigenvalue weighted by molar-refractivity contribution is 4.45. The molecule has 0 amide bonds. The lowest BCUT2D eigenvalue weighted by atomic mass is 10.9. The SMILES string of the molecule is C.C=COCC. The first-order valence-corrected chi connectivity index (χ1v) is 1.64. The van der Waals surface area contributed by atoms with Crippen molar-refractivity contribution in [3.05, 3.63) is 12.8 Å². The fraction of sp³-hybridized carbons (Fsp3) is 0.600. The molecule has 0 rings (SSSR count). The summed E-state index contributed by atoms with van der Waals surface area (Å²) in [6.07, 6.45) is 1.43. The molecule has 0 N–H and O–H groups in total. The molecule has 0 aliphatic heterocycles. The summed E-state index contributed by atoms with van der Waals surface area (Å²) in [7, 11) is 0. The second kappa shape index (κ2) is 8.82. The molecule has 0 aromatic carbocycles. The predicted octanol–water partition coefficient (Wildman–Crippen LogP) is 1.80. The van der Waals surface area contributed by atoms with E-state index in [4.69, 9.17) is 0 Å². The average molecular weight is 88.2 g/mol.